The van der Waals surface area contributed by atoms with Crippen molar-refractivity contribution in [3.8, 4) is 17.2 Å². The maximum Gasteiger partial charge on any atom is 0.573 e. The minimum absolute atomic E-state index is 0.0927. The molecule has 0 radical (unpaired) electrons. The van der Waals surface area contributed by atoms with Crippen LogP contribution >= 0.6 is 0 Å². The SMILES string of the molecule is COc1ccc2c(c1)c(=O)n(Cc1cc([N+](=O)[O-])ccc1O)n2S(=O)(=O)c1ccc(OC(F)(F)F)cc1. The van der Waals surface area contributed by atoms with Crippen LogP contribution in [0.25, 0.3) is 10.9 Å². The van der Waals surface area contributed by atoms with E-state index in [0.717, 1.165) is 47.1 Å². The second kappa shape index (κ2) is 9.16. The predicted molar refractivity (Wildman–Crippen MR) is 122 cm³/mol. The molecule has 1 aromatic heterocycles. The van der Waals surface area contributed by atoms with E-state index in [-0.39, 0.29) is 22.2 Å². The van der Waals surface area contributed by atoms with E-state index in [2.05, 4.69) is 4.74 Å². The van der Waals surface area contributed by atoms with Crippen molar-refractivity contribution in [1.29, 1.82) is 0 Å². The van der Waals surface area contributed by atoms with Crippen LogP contribution in [0.5, 0.6) is 17.2 Å². The van der Waals surface area contributed by atoms with Crippen LogP contribution in [0.15, 0.2) is 70.4 Å². The summed E-state index contributed by atoms with van der Waals surface area (Å²) in [7, 11) is -3.30. The van der Waals surface area contributed by atoms with Crippen molar-refractivity contribution < 1.29 is 41.1 Å². The first-order chi connectivity index (χ1) is 17.3. The average molecular weight is 539 g/mol. The van der Waals surface area contributed by atoms with Crippen LogP contribution < -0.4 is 15.0 Å². The molecule has 0 bridgehead atoms. The summed E-state index contributed by atoms with van der Waals surface area (Å²) >= 11 is 0. The van der Waals surface area contributed by atoms with E-state index >= 15 is 0 Å². The average Bonchev–Trinajstić information content (AvgIpc) is 3.11. The third kappa shape index (κ3) is 4.93. The van der Waals surface area contributed by atoms with Gasteiger partial charge in [-0.25, -0.2) is 4.68 Å². The molecule has 1 N–H and O–H groups in total. The number of hydrogen-bond donors (Lipinski definition) is 1. The van der Waals surface area contributed by atoms with Crippen molar-refractivity contribution in [3.63, 3.8) is 0 Å². The lowest BCUT2D eigenvalue weighted by molar-refractivity contribution is -0.384. The van der Waals surface area contributed by atoms with E-state index in [4.69, 9.17) is 4.74 Å². The highest BCUT2D eigenvalue weighted by Gasteiger charge is 2.32. The number of aromatic nitrogens is 2. The zero-order chi connectivity index (χ0) is 27.1. The Kier molecular flexibility index (Phi) is 6.33. The molecule has 1 heterocycles. The third-order valence-corrected chi connectivity index (χ3v) is 6.99. The fourth-order valence-corrected chi connectivity index (χ4v) is 5.10. The fourth-order valence-electron chi connectivity index (χ4n) is 3.61. The van der Waals surface area contributed by atoms with E-state index in [0.29, 0.717) is 4.09 Å². The number of halogens is 3. The third-order valence-electron chi connectivity index (χ3n) is 5.27. The van der Waals surface area contributed by atoms with Crippen LogP contribution in [0.4, 0.5) is 18.9 Å². The molecule has 194 valence electrons. The Balaban J connectivity index is 1.92. The molecule has 37 heavy (non-hydrogen) atoms. The Morgan fingerprint density at radius 3 is 2.27 bits per heavy atom. The van der Waals surface area contributed by atoms with E-state index < -0.39 is 55.5 Å². The lowest BCUT2D eigenvalue weighted by Gasteiger charge is -2.15. The number of ether oxygens (including phenoxy) is 2. The molecule has 0 aliphatic carbocycles. The Bertz CT molecular complexity index is 1680. The molecule has 0 fully saturated rings. The fraction of sp³-hybridized carbons (Fsp3) is 0.136. The summed E-state index contributed by atoms with van der Waals surface area (Å²) in [5, 5.41) is 21.3. The monoisotopic (exact) mass is 539 g/mol. The summed E-state index contributed by atoms with van der Waals surface area (Å²) in [6.45, 7) is -0.599. The number of benzene rings is 3. The second-order valence-electron chi connectivity index (χ2n) is 7.58. The summed E-state index contributed by atoms with van der Waals surface area (Å²) in [6.07, 6.45) is -4.99. The smallest absolute Gasteiger partial charge is 0.508 e. The Hall–Kier alpha value is -4.53. The van der Waals surface area contributed by atoms with Gasteiger partial charge >= 0.3 is 6.36 Å². The van der Waals surface area contributed by atoms with E-state index in [1.165, 1.54) is 25.3 Å². The van der Waals surface area contributed by atoms with Gasteiger partial charge in [0, 0.05) is 17.7 Å². The first-order valence-electron chi connectivity index (χ1n) is 10.2. The molecule has 0 saturated heterocycles. The number of phenols is 1. The molecular formula is C22H16F3N3O8S. The van der Waals surface area contributed by atoms with Gasteiger partial charge in [0.2, 0.25) is 0 Å². The lowest BCUT2D eigenvalue weighted by Crippen LogP contribution is -2.28. The summed E-state index contributed by atoms with van der Waals surface area (Å²) in [6, 6.07) is 10.3. The summed E-state index contributed by atoms with van der Waals surface area (Å²) in [4.78, 5) is 23.3. The number of nitro groups is 1. The van der Waals surface area contributed by atoms with Crippen molar-refractivity contribution in [2.75, 3.05) is 7.11 Å². The highest BCUT2D eigenvalue weighted by atomic mass is 32.2. The zero-order valence-electron chi connectivity index (χ0n) is 18.7. The lowest BCUT2D eigenvalue weighted by atomic mass is 10.2. The number of fused-ring (bicyclic) bond motifs is 1. The van der Waals surface area contributed by atoms with Gasteiger partial charge in [0.05, 0.1) is 34.4 Å². The van der Waals surface area contributed by atoms with Gasteiger partial charge in [-0.3, -0.25) is 14.9 Å². The normalized spacial score (nSPS) is 12.0. The number of alkyl halides is 3. The minimum Gasteiger partial charge on any atom is -0.508 e. The van der Waals surface area contributed by atoms with Gasteiger partial charge < -0.3 is 14.6 Å². The highest BCUT2D eigenvalue weighted by Crippen LogP contribution is 2.29. The first kappa shape index (κ1) is 25.6. The number of nitro benzene ring substituents is 1. The van der Waals surface area contributed by atoms with Crippen molar-refractivity contribution in [2.45, 2.75) is 17.8 Å². The van der Waals surface area contributed by atoms with Gasteiger partial charge in [-0.05, 0) is 48.5 Å². The van der Waals surface area contributed by atoms with Crippen molar-refractivity contribution in [1.82, 2.24) is 8.77 Å². The number of phenolic OH excluding ortho intramolecular Hbond substituents is 1. The van der Waals surface area contributed by atoms with Crippen LogP contribution in [-0.2, 0) is 16.6 Å². The minimum atomic E-state index is -4.99. The molecule has 15 heteroatoms. The molecule has 4 aromatic rings. The molecular weight excluding hydrogens is 523 g/mol. The molecule has 0 aliphatic heterocycles. The van der Waals surface area contributed by atoms with Crippen molar-refractivity contribution >= 4 is 26.6 Å². The molecule has 0 atom stereocenters. The van der Waals surface area contributed by atoms with Gasteiger partial charge in [0.25, 0.3) is 21.3 Å². The number of rotatable bonds is 7. The highest BCUT2D eigenvalue weighted by molar-refractivity contribution is 7.90. The van der Waals surface area contributed by atoms with Crippen LogP contribution in [0.3, 0.4) is 0 Å². The van der Waals surface area contributed by atoms with Crippen LogP contribution in [0.1, 0.15) is 5.56 Å². The zero-order valence-corrected chi connectivity index (χ0v) is 19.5. The number of hydrogen-bond acceptors (Lipinski definition) is 8. The van der Waals surface area contributed by atoms with Crippen molar-refractivity contribution in [2.24, 2.45) is 0 Å². The number of non-ortho nitro benzene ring substituents is 1. The Labute approximate surface area is 205 Å². The van der Waals surface area contributed by atoms with Crippen LogP contribution in [-0.4, -0.2) is 40.7 Å². The van der Waals surface area contributed by atoms with E-state index in [1.807, 2.05) is 0 Å². The maximum absolute atomic E-state index is 13.6. The predicted octanol–water partition coefficient (Wildman–Crippen LogP) is 3.61. The Morgan fingerprint density at radius 2 is 1.68 bits per heavy atom. The second-order valence-corrected chi connectivity index (χ2v) is 9.35. The number of nitrogens with zero attached hydrogens (tertiary/aromatic N) is 3. The quantitative estimate of drug-likeness (QED) is 0.277. The van der Waals surface area contributed by atoms with Gasteiger partial charge in [-0.15, -0.1) is 13.2 Å². The summed E-state index contributed by atoms with van der Waals surface area (Å²) < 4.78 is 74.9. The first-order valence-corrected chi connectivity index (χ1v) is 11.6. The van der Waals surface area contributed by atoms with Gasteiger partial charge in [0.1, 0.15) is 17.2 Å². The summed E-state index contributed by atoms with van der Waals surface area (Å²) in [5.74, 6) is -0.858. The Morgan fingerprint density at radius 1 is 1.03 bits per heavy atom. The van der Waals surface area contributed by atoms with Gasteiger partial charge in [-0.1, -0.05) is 0 Å². The molecule has 0 unspecified atom stereocenters. The largest absolute Gasteiger partial charge is 0.573 e. The molecule has 0 aliphatic rings. The van der Waals surface area contributed by atoms with Gasteiger partial charge in [0.15, 0.2) is 0 Å². The van der Waals surface area contributed by atoms with Gasteiger partial charge in [-0.2, -0.15) is 12.5 Å². The topological polar surface area (TPSA) is 143 Å². The molecule has 0 amide bonds. The van der Waals surface area contributed by atoms with E-state index in [9.17, 15) is 41.6 Å². The standard InChI is InChI=1S/C22H16F3N3O8S/c1-35-16-5-8-19-18(11-16)21(30)26(12-13-10-14(28(31)32)2-9-20(13)29)27(19)37(33,34)17-6-3-15(4-7-17)36-22(23,24)25/h2-11,29H,12H2,1H3. The van der Waals surface area contributed by atoms with E-state index in [1.54, 1.807) is 0 Å². The molecule has 3 aromatic carbocycles. The molecule has 11 nitrogen and oxygen atoms in total. The maximum atomic E-state index is 13.6. The molecule has 0 saturated carbocycles. The molecule has 4 rings (SSSR count). The number of aromatic hydroxyl groups is 1. The summed E-state index contributed by atoms with van der Waals surface area (Å²) in [5.41, 5.74) is -1.48. The van der Waals surface area contributed by atoms with Crippen molar-refractivity contribution in [3.05, 3.63) is 86.7 Å². The number of methoxy groups -OCH3 is 1. The molecule has 0 spiro atoms. The van der Waals surface area contributed by atoms with Crippen LogP contribution in [0.2, 0.25) is 0 Å². The van der Waals surface area contributed by atoms with Crippen LogP contribution in [0, 0.1) is 10.1 Å².